The van der Waals surface area contributed by atoms with Crippen LogP contribution in [0.25, 0.3) is 0 Å². The molecule has 0 saturated carbocycles. The van der Waals surface area contributed by atoms with E-state index in [4.69, 9.17) is 0 Å². The highest BCUT2D eigenvalue weighted by atomic mass is 14.9. The average molecular weight is 266 g/mol. The van der Waals surface area contributed by atoms with Gasteiger partial charge in [-0.15, -0.1) is 0 Å². The Morgan fingerprint density at radius 1 is 1.15 bits per heavy atom. The summed E-state index contributed by atoms with van der Waals surface area (Å²) >= 11 is 0. The van der Waals surface area contributed by atoms with Crippen molar-refractivity contribution in [2.24, 2.45) is 0 Å². The molecule has 0 saturated heterocycles. The summed E-state index contributed by atoms with van der Waals surface area (Å²) < 4.78 is 0. The second-order valence-electron chi connectivity index (χ2n) is 5.55. The third-order valence-electron chi connectivity index (χ3n) is 4.27. The van der Waals surface area contributed by atoms with Gasteiger partial charge in [-0.3, -0.25) is 4.98 Å². The SMILES string of the molecule is CCc1cccnc1CNC1CCc2ccccc2C1. The maximum atomic E-state index is 4.52. The van der Waals surface area contributed by atoms with Crippen molar-refractivity contribution < 1.29 is 0 Å². The third kappa shape index (κ3) is 2.91. The highest BCUT2D eigenvalue weighted by Gasteiger charge is 2.17. The van der Waals surface area contributed by atoms with E-state index in [1.54, 1.807) is 0 Å². The predicted molar refractivity (Wildman–Crippen MR) is 82.7 cm³/mol. The Hall–Kier alpha value is -1.67. The number of rotatable bonds is 4. The Kier molecular flexibility index (Phi) is 4.12. The molecule has 1 atom stereocenters. The molecule has 1 aliphatic carbocycles. The molecule has 0 fully saturated rings. The highest BCUT2D eigenvalue weighted by molar-refractivity contribution is 5.30. The van der Waals surface area contributed by atoms with E-state index in [2.05, 4.69) is 47.6 Å². The maximum absolute atomic E-state index is 4.52. The van der Waals surface area contributed by atoms with Gasteiger partial charge in [-0.1, -0.05) is 37.3 Å². The minimum Gasteiger partial charge on any atom is -0.308 e. The lowest BCUT2D eigenvalue weighted by molar-refractivity contribution is 0.454. The van der Waals surface area contributed by atoms with Crippen molar-refractivity contribution in [3.8, 4) is 0 Å². The van der Waals surface area contributed by atoms with E-state index < -0.39 is 0 Å². The second-order valence-corrected chi connectivity index (χ2v) is 5.55. The van der Waals surface area contributed by atoms with Crippen LogP contribution in [-0.4, -0.2) is 11.0 Å². The molecule has 0 amide bonds. The molecule has 0 spiro atoms. The number of aromatic nitrogens is 1. The molecule has 1 N–H and O–H groups in total. The van der Waals surface area contributed by atoms with Crippen molar-refractivity contribution in [3.63, 3.8) is 0 Å². The van der Waals surface area contributed by atoms with Crippen LogP contribution in [0.2, 0.25) is 0 Å². The largest absolute Gasteiger partial charge is 0.308 e. The van der Waals surface area contributed by atoms with Gasteiger partial charge in [0.15, 0.2) is 0 Å². The fourth-order valence-corrected chi connectivity index (χ4v) is 3.07. The van der Waals surface area contributed by atoms with E-state index in [1.807, 2.05) is 12.3 Å². The lowest BCUT2D eigenvalue weighted by Crippen LogP contribution is -2.34. The van der Waals surface area contributed by atoms with Gasteiger partial charge in [0.25, 0.3) is 0 Å². The summed E-state index contributed by atoms with van der Waals surface area (Å²) in [5, 5.41) is 3.69. The van der Waals surface area contributed by atoms with E-state index in [0.717, 1.165) is 19.4 Å². The Morgan fingerprint density at radius 2 is 2.00 bits per heavy atom. The Morgan fingerprint density at radius 3 is 2.85 bits per heavy atom. The minimum absolute atomic E-state index is 0.580. The monoisotopic (exact) mass is 266 g/mol. The second kappa shape index (κ2) is 6.19. The Balaban J connectivity index is 1.63. The first-order chi connectivity index (χ1) is 9.86. The average Bonchev–Trinajstić information content (AvgIpc) is 2.53. The number of fused-ring (bicyclic) bond motifs is 1. The van der Waals surface area contributed by atoms with E-state index in [0.29, 0.717) is 6.04 Å². The molecule has 2 aromatic rings. The minimum atomic E-state index is 0.580. The first kappa shape index (κ1) is 13.3. The number of hydrogen-bond acceptors (Lipinski definition) is 2. The quantitative estimate of drug-likeness (QED) is 0.918. The van der Waals surface area contributed by atoms with Gasteiger partial charge in [-0.2, -0.15) is 0 Å². The summed E-state index contributed by atoms with van der Waals surface area (Å²) in [4.78, 5) is 4.52. The zero-order chi connectivity index (χ0) is 13.8. The normalized spacial score (nSPS) is 17.8. The fourth-order valence-electron chi connectivity index (χ4n) is 3.07. The molecule has 20 heavy (non-hydrogen) atoms. The molecular weight excluding hydrogens is 244 g/mol. The van der Waals surface area contributed by atoms with Crippen molar-refractivity contribution in [3.05, 3.63) is 65.0 Å². The van der Waals surface area contributed by atoms with Crippen molar-refractivity contribution in [1.29, 1.82) is 0 Å². The van der Waals surface area contributed by atoms with Crippen LogP contribution in [0.4, 0.5) is 0 Å². The van der Waals surface area contributed by atoms with Gasteiger partial charge in [-0.05, 0) is 48.4 Å². The summed E-state index contributed by atoms with van der Waals surface area (Å²) in [6.45, 7) is 3.08. The van der Waals surface area contributed by atoms with Crippen molar-refractivity contribution in [1.82, 2.24) is 10.3 Å². The predicted octanol–water partition coefficient (Wildman–Crippen LogP) is 3.29. The van der Waals surface area contributed by atoms with Gasteiger partial charge >= 0.3 is 0 Å². The van der Waals surface area contributed by atoms with Gasteiger partial charge < -0.3 is 5.32 Å². The van der Waals surface area contributed by atoms with Gasteiger partial charge in [-0.25, -0.2) is 0 Å². The summed E-state index contributed by atoms with van der Waals surface area (Å²) in [5.74, 6) is 0. The molecule has 0 radical (unpaired) electrons. The third-order valence-corrected chi connectivity index (χ3v) is 4.27. The molecule has 1 heterocycles. The number of nitrogens with zero attached hydrogens (tertiary/aromatic N) is 1. The summed E-state index contributed by atoms with van der Waals surface area (Å²) in [6, 6.07) is 13.6. The van der Waals surface area contributed by atoms with Crippen LogP contribution in [0.5, 0.6) is 0 Å². The Labute approximate surface area is 121 Å². The molecule has 3 rings (SSSR count). The van der Waals surface area contributed by atoms with Crippen molar-refractivity contribution in [2.75, 3.05) is 0 Å². The molecular formula is C18H22N2. The van der Waals surface area contributed by atoms with E-state index in [9.17, 15) is 0 Å². The van der Waals surface area contributed by atoms with Crippen LogP contribution in [-0.2, 0) is 25.8 Å². The molecule has 1 aromatic heterocycles. The van der Waals surface area contributed by atoms with Crippen LogP contribution < -0.4 is 5.32 Å². The van der Waals surface area contributed by atoms with E-state index in [1.165, 1.54) is 35.2 Å². The van der Waals surface area contributed by atoms with E-state index >= 15 is 0 Å². The summed E-state index contributed by atoms with van der Waals surface area (Å²) in [6.07, 6.45) is 6.51. The molecule has 1 aliphatic rings. The van der Waals surface area contributed by atoms with Gasteiger partial charge in [0.05, 0.1) is 5.69 Å². The summed E-state index contributed by atoms with van der Waals surface area (Å²) in [7, 11) is 0. The van der Waals surface area contributed by atoms with Crippen molar-refractivity contribution >= 4 is 0 Å². The zero-order valence-electron chi connectivity index (χ0n) is 12.1. The van der Waals surface area contributed by atoms with Crippen LogP contribution in [0.1, 0.15) is 35.7 Å². The van der Waals surface area contributed by atoms with Crippen LogP contribution in [0.15, 0.2) is 42.6 Å². The number of aryl methyl sites for hydroxylation is 2. The smallest absolute Gasteiger partial charge is 0.0573 e. The number of benzene rings is 1. The molecule has 2 nitrogen and oxygen atoms in total. The number of hydrogen-bond donors (Lipinski definition) is 1. The Bertz CT molecular complexity index is 577. The molecule has 0 aliphatic heterocycles. The van der Waals surface area contributed by atoms with Crippen LogP contribution in [0.3, 0.4) is 0 Å². The van der Waals surface area contributed by atoms with Crippen LogP contribution in [0, 0.1) is 0 Å². The van der Waals surface area contributed by atoms with Crippen LogP contribution >= 0.6 is 0 Å². The molecule has 0 bridgehead atoms. The van der Waals surface area contributed by atoms with Crippen molar-refractivity contribution in [2.45, 2.75) is 45.2 Å². The summed E-state index contributed by atoms with van der Waals surface area (Å²) in [5.41, 5.74) is 5.59. The maximum Gasteiger partial charge on any atom is 0.0573 e. The highest BCUT2D eigenvalue weighted by Crippen LogP contribution is 2.21. The molecule has 104 valence electrons. The number of pyridine rings is 1. The fraction of sp³-hybridized carbons (Fsp3) is 0.389. The molecule has 1 aromatic carbocycles. The topological polar surface area (TPSA) is 24.9 Å². The number of nitrogens with one attached hydrogen (secondary N) is 1. The van der Waals surface area contributed by atoms with Gasteiger partial charge in [0.2, 0.25) is 0 Å². The van der Waals surface area contributed by atoms with Gasteiger partial charge in [0.1, 0.15) is 0 Å². The zero-order valence-corrected chi connectivity index (χ0v) is 12.1. The first-order valence-electron chi connectivity index (χ1n) is 7.59. The standard InChI is InChI=1S/C18H22N2/c1-2-14-8-5-11-19-18(14)13-20-17-10-9-15-6-3-4-7-16(15)12-17/h3-8,11,17,20H,2,9-10,12-13H2,1H3. The lowest BCUT2D eigenvalue weighted by atomic mass is 9.88. The lowest BCUT2D eigenvalue weighted by Gasteiger charge is -2.25. The molecule has 2 heteroatoms. The van der Waals surface area contributed by atoms with E-state index in [-0.39, 0.29) is 0 Å². The first-order valence-corrected chi connectivity index (χ1v) is 7.59. The molecule has 1 unspecified atom stereocenters. The van der Waals surface area contributed by atoms with Gasteiger partial charge in [0, 0.05) is 18.8 Å².